The summed E-state index contributed by atoms with van der Waals surface area (Å²) in [6, 6.07) is 17.3. The van der Waals surface area contributed by atoms with Crippen LogP contribution in [0.1, 0.15) is 0 Å². The van der Waals surface area contributed by atoms with Crippen LogP contribution in [-0.4, -0.2) is 0 Å². The van der Waals surface area contributed by atoms with Gasteiger partial charge >= 0.3 is 0 Å². The van der Waals surface area contributed by atoms with Crippen LogP contribution in [0.15, 0.2) is 59.1 Å². The molecule has 100 valence electrons. The molecule has 20 heavy (non-hydrogen) atoms. The SMILES string of the molecule is Nc1ccc(Oc2ccc3cc(Br)ccc3c2)cc1N. The van der Waals surface area contributed by atoms with Crippen LogP contribution in [0.4, 0.5) is 11.4 Å². The Hall–Kier alpha value is -2.20. The summed E-state index contributed by atoms with van der Waals surface area (Å²) < 4.78 is 6.87. The monoisotopic (exact) mass is 328 g/mol. The molecule has 0 radical (unpaired) electrons. The summed E-state index contributed by atoms with van der Waals surface area (Å²) >= 11 is 3.46. The summed E-state index contributed by atoms with van der Waals surface area (Å²) in [4.78, 5) is 0. The van der Waals surface area contributed by atoms with Gasteiger partial charge in [0.15, 0.2) is 0 Å². The van der Waals surface area contributed by atoms with Crippen LogP contribution in [-0.2, 0) is 0 Å². The number of ether oxygens (including phenoxy) is 1. The molecule has 0 saturated heterocycles. The highest BCUT2D eigenvalue weighted by Crippen LogP contribution is 2.29. The molecule has 3 aromatic carbocycles. The van der Waals surface area contributed by atoms with Gasteiger partial charge < -0.3 is 16.2 Å². The molecule has 0 aliphatic heterocycles. The average molecular weight is 329 g/mol. The van der Waals surface area contributed by atoms with E-state index in [1.165, 1.54) is 0 Å². The number of anilines is 2. The van der Waals surface area contributed by atoms with Crippen molar-refractivity contribution in [2.75, 3.05) is 11.5 Å². The number of hydrogen-bond donors (Lipinski definition) is 2. The molecule has 0 bridgehead atoms. The molecule has 0 amide bonds. The van der Waals surface area contributed by atoms with Crippen LogP contribution in [0.25, 0.3) is 10.8 Å². The van der Waals surface area contributed by atoms with Gasteiger partial charge in [-0.05, 0) is 47.2 Å². The number of halogens is 1. The maximum Gasteiger partial charge on any atom is 0.129 e. The standard InChI is InChI=1S/C16H13BrN2O/c17-12-3-1-11-8-13(4-2-10(11)7-12)20-14-5-6-15(18)16(19)9-14/h1-9H,18-19H2. The van der Waals surface area contributed by atoms with Crippen molar-refractivity contribution >= 4 is 38.1 Å². The quantitative estimate of drug-likeness (QED) is 0.678. The van der Waals surface area contributed by atoms with E-state index < -0.39 is 0 Å². The van der Waals surface area contributed by atoms with Crippen molar-refractivity contribution in [3.8, 4) is 11.5 Å². The third kappa shape index (κ3) is 2.56. The minimum absolute atomic E-state index is 0.521. The highest BCUT2D eigenvalue weighted by Gasteiger charge is 2.02. The van der Waals surface area contributed by atoms with Crippen molar-refractivity contribution in [2.24, 2.45) is 0 Å². The molecule has 0 aromatic heterocycles. The number of fused-ring (bicyclic) bond motifs is 1. The fraction of sp³-hybridized carbons (Fsp3) is 0. The van der Waals surface area contributed by atoms with Gasteiger partial charge in [-0.2, -0.15) is 0 Å². The van der Waals surface area contributed by atoms with Gasteiger partial charge in [-0.1, -0.05) is 28.1 Å². The third-order valence-corrected chi connectivity index (χ3v) is 3.56. The van der Waals surface area contributed by atoms with Gasteiger partial charge in [0.2, 0.25) is 0 Å². The van der Waals surface area contributed by atoms with Crippen LogP contribution in [0.2, 0.25) is 0 Å². The fourth-order valence-electron chi connectivity index (χ4n) is 2.01. The van der Waals surface area contributed by atoms with Gasteiger partial charge in [-0.15, -0.1) is 0 Å². The second kappa shape index (κ2) is 5.06. The highest BCUT2D eigenvalue weighted by molar-refractivity contribution is 9.10. The molecule has 0 aliphatic rings. The van der Waals surface area contributed by atoms with E-state index >= 15 is 0 Å². The normalized spacial score (nSPS) is 10.7. The first-order valence-electron chi connectivity index (χ1n) is 6.14. The minimum Gasteiger partial charge on any atom is -0.457 e. The molecular weight excluding hydrogens is 316 g/mol. The Morgan fingerprint density at radius 3 is 2.15 bits per heavy atom. The second-order valence-corrected chi connectivity index (χ2v) is 5.46. The summed E-state index contributed by atoms with van der Waals surface area (Å²) in [5.74, 6) is 1.44. The lowest BCUT2D eigenvalue weighted by Crippen LogP contribution is -1.94. The fourth-order valence-corrected chi connectivity index (χ4v) is 2.39. The molecule has 0 aliphatic carbocycles. The molecule has 0 saturated carbocycles. The first-order chi connectivity index (χ1) is 9.61. The van der Waals surface area contributed by atoms with Crippen LogP contribution >= 0.6 is 15.9 Å². The molecule has 3 rings (SSSR count). The zero-order valence-electron chi connectivity index (χ0n) is 10.6. The Labute approximate surface area is 125 Å². The summed E-state index contributed by atoms with van der Waals surface area (Å²) in [5, 5.41) is 2.28. The van der Waals surface area contributed by atoms with E-state index in [4.69, 9.17) is 16.2 Å². The van der Waals surface area contributed by atoms with E-state index in [1.54, 1.807) is 18.2 Å². The lowest BCUT2D eigenvalue weighted by Gasteiger charge is -2.09. The Kier molecular flexibility index (Phi) is 3.24. The molecular formula is C16H13BrN2O. The predicted molar refractivity (Wildman–Crippen MR) is 87.0 cm³/mol. The van der Waals surface area contributed by atoms with Crippen LogP contribution < -0.4 is 16.2 Å². The van der Waals surface area contributed by atoms with Crippen molar-refractivity contribution in [1.29, 1.82) is 0 Å². The molecule has 3 nitrogen and oxygen atoms in total. The minimum atomic E-state index is 0.521. The summed E-state index contributed by atoms with van der Waals surface area (Å²) in [6.07, 6.45) is 0. The zero-order valence-corrected chi connectivity index (χ0v) is 12.2. The van der Waals surface area contributed by atoms with Gasteiger partial charge in [0, 0.05) is 10.5 Å². The lowest BCUT2D eigenvalue weighted by molar-refractivity contribution is 0.484. The molecule has 0 atom stereocenters. The number of nitrogens with two attached hydrogens (primary N) is 2. The van der Waals surface area contributed by atoms with E-state index in [1.807, 2.05) is 30.3 Å². The Morgan fingerprint density at radius 2 is 1.35 bits per heavy atom. The van der Waals surface area contributed by atoms with Crippen molar-refractivity contribution < 1.29 is 4.74 Å². The summed E-state index contributed by atoms with van der Waals surface area (Å²) in [5.41, 5.74) is 12.5. The molecule has 4 heteroatoms. The van der Waals surface area contributed by atoms with Gasteiger partial charge in [-0.25, -0.2) is 0 Å². The van der Waals surface area contributed by atoms with E-state index in [0.717, 1.165) is 21.0 Å². The summed E-state index contributed by atoms with van der Waals surface area (Å²) in [7, 11) is 0. The van der Waals surface area contributed by atoms with Crippen LogP contribution in [0.3, 0.4) is 0 Å². The molecule has 0 unspecified atom stereocenters. The van der Waals surface area contributed by atoms with Crippen molar-refractivity contribution in [1.82, 2.24) is 0 Å². The van der Waals surface area contributed by atoms with E-state index in [2.05, 4.69) is 22.0 Å². The molecule has 0 heterocycles. The van der Waals surface area contributed by atoms with Crippen molar-refractivity contribution in [2.45, 2.75) is 0 Å². The average Bonchev–Trinajstić information content (AvgIpc) is 2.43. The Morgan fingerprint density at radius 1 is 0.700 bits per heavy atom. The van der Waals surface area contributed by atoms with E-state index in [9.17, 15) is 0 Å². The number of nitrogen functional groups attached to an aromatic ring is 2. The second-order valence-electron chi connectivity index (χ2n) is 4.55. The van der Waals surface area contributed by atoms with Gasteiger partial charge in [-0.3, -0.25) is 0 Å². The largest absolute Gasteiger partial charge is 0.457 e. The van der Waals surface area contributed by atoms with E-state index in [-0.39, 0.29) is 0 Å². The Balaban J connectivity index is 1.94. The first-order valence-corrected chi connectivity index (χ1v) is 6.93. The number of rotatable bonds is 2. The summed E-state index contributed by atoms with van der Waals surface area (Å²) in [6.45, 7) is 0. The van der Waals surface area contributed by atoms with Crippen LogP contribution in [0, 0.1) is 0 Å². The molecule has 3 aromatic rings. The Bertz CT molecular complexity index is 787. The molecule has 0 fully saturated rings. The maximum absolute atomic E-state index is 5.81. The van der Waals surface area contributed by atoms with Crippen LogP contribution in [0.5, 0.6) is 11.5 Å². The lowest BCUT2D eigenvalue weighted by atomic mass is 10.1. The van der Waals surface area contributed by atoms with Crippen molar-refractivity contribution in [3.63, 3.8) is 0 Å². The van der Waals surface area contributed by atoms with Gasteiger partial charge in [0.25, 0.3) is 0 Å². The smallest absolute Gasteiger partial charge is 0.129 e. The highest BCUT2D eigenvalue weighted by atomic mass is 79.9. The first kappa shape index (κ1) is 12.8. The van der Waals surface area contributed by atoms with Crippen molar-refractivity contribution in [3.05, 3.63) is 59.1 Å². The molecule has 4 N–H and O–H groups in total. The van der Waals surface area contributed by atoms with Gasteiger partial charge in [0.1, 0.15) is 11.5 Å². The number of hydrogen-bond acceptors (Lipinski definition) is 3. The topological polar surface area (TPSA) is 61.3 Å². The number of benzene rings is 3. The van der Waals surface area contributed by atoms with Gasteiger partial charge in [0.05, 0.1) is 11.4 Å². The van der Waals surface area contributed by atoms with E-state index in [0.29, 0.717) is 17.1 Å². The molecule has 0 spiro atoms. The maximum atomic E-state index is 5.81. The zero-order chi connectivity index (χ0) is 14.1. The third-order valence-electron chi connectivity index (χ3n) is 3.07. The predicted octanol–water partition coefficient (Wildman–Crippen LogP) is 4.56.